The zero-order chi connectivity index (χ0) is 14.9. The second kappa shape index (κ2) is 5.85. The Morgan fingerprint density at radius 3 is 2.60 bits per heavy atom. The fourth-order valence-electron chi connectivity index (χ4n) is 2.91. The lowest BCUT2D eigenvalue weighted by molar-refractivity contribution is 0.0906. The van der Waals surface area contributed by atoms with Crippen LogP contribution in [0.25, 0.3) is 0 Å². The highest BCUT2D eigenvalue weighted by molar-refractivity contribution is 5.97. The van der Waals surface area contributed by atoms with Crippen LogP contribution in [0.1, 0.15) is 69.1 Å². The standard InChI is InChI=1S/C15H26N4O/c1-8(2)13-12(16)14(19-18-13)15(20)17-11-6-5-9(3)10(4)7-11/h8-11H,5-7,16H2,1-4H3,(H,17,20)(H,18,19). The average Bonchev–Trinajstić information content (AvgIpc) is 2.76. The summed E-state index contributed by atoms with van der Waals surface area (Å²) in [7, 11) is 0. The molecule has 20 heavy (non-hydrogen) atoms. The van der Waals surface area contributed by atoms with Gasteiger partial charge in [0, 0.05) is 6.04 Å². The van der Waals surface area contributed by atoms with Gasteiger partial charge in [0.2, 0.25) is 0 Å². The molecule has 1 amide bonds. The molecule has 1 heterocycles. The van der Waals surface area contributed by atoms with Crippen molar-refractivity contribution in [1.82, 2.24) is 15.5 Å². The maximum atomic E-state index is 12.3. The van der Waals surface area contributed by atoms with E-state index in [4.69, 9.17) is 5.73 Å². The Morgan fingerprint density at radius 1 is 1.35 bits per heavy atom. The molecule has 5 nitrogen and oxygen atoms in total. The van der Waals surface area contributed by atoms with E-state index in [1.807, 2.05) is 13.8 Å². The Hall–Kier alpha value is -1.52. The van der Waals surface area contributed by atoms with E-state index in [1.165, 1.54) is 6.42 Å². The summed E-state index contributed by atoms with van der Waals surface area (Å²) in [6.07, 6.45) is 3.24. The van der Waals surface area contributed by atoms with Crippen LogP contribution in [0.2, 0.25) is 0 Å². The molecule has 112 valence electrons. The maximum Gasteiger partial charge on any atom is 0.274 e. The van der Waals surface area contributed by atoms with Crippen molar-refractivity contribution < 1.29 is 4.79 Å². The first-order valence-corrected chi connectivity index (χ1v) is 7.54. The molecule has 3 atom stereocenters. The van der Waals surface area contributed by atoms with Gasteiger partial charge in [-0.05, 0) is 37.0 Å². The number of hydrogen-bond donors (Lipinski definition) is 3. The number of nitrogens with zero attached hydrogens (tertiary/aromatic N) is 1. The number of nitrogens with one attached hydrogen (secondary N) is 2. The molecule has 1 aliphatic carbocycles. The highest BCUT2D eigenvalue weighted by atomic mass is 16.2. The zero-order valence-corrected chi connectivity index (χ0v) is 12.9. The number of rotatable bonds is 3. The van der Waals surface area contributed by atoms with Crippen molar-refractivity contribution in [2.75, 3.05) is 5.73 Å². The van der Waals surface area contributed by atoms with Crippen LogP contribution in [-0.4, -0.2) is 22.1 Å². The van der Waals surface area contributed by atoms with Gasteiger partial charge in [0.05, 0.1) is 11.4 Å². The number of hydrogen-bond acceptors (Lipinski definition) is 3. The number of nitrogens with two attached hydrogens (primary N) is 1. The first kappa shape index (κ1) is 14.9. The first-order valence-electron chi connectivity index (χ1n) is 7.54. The molecule has 0 spiro atoms. The predicted molar refractivity (Wildman–Crippen MR) is 80.5 cm³/mol. The van der Waals surface area contributed by atoms with Crippen molar-refractivity contribution >= 4 is 11.6 Å². The van der Waals surface area contributed by atoms with E-state index in [-0.39, 0.29) is 17.9 Å². The van der Waals surface area contributed by atoms with Crippen LogP contribution in [0.15, 0.2) is 0 Å². The smallest absolute Gasteiger partial charge is 0.274 e. The van der Waals surface area contributed by atoms with E-state index < -0.39 is 0 Å². The Bertz CT molecular complexity index is 480. The molecule has 0 aromatic carbocycles. The number of aromatic amines is 1. The monoisotopic (exact) mass is 278 g/mol. The number of amides is 1. The summed E-state index contributed by atoms with van der Waals surface area (Å²) in [6, 6.07) is 0.243. The number of carbonyl (C=O) groups is 1. The predicted octanol–water partition coefficient (Wildman–Crippen LogP) is 2.67. The number of anilines is 1. The Morgan fingerprint density at radius 2 is 2.05 bits per heavy atom. The van der Waals surface area contributed by atoms with E-state index in [0.29, 0.717) is 17.3 Å². The summed E-state index contributed by atoms with van der Waals surface area (Å²) in [6.45, 7) is 8.58. The van der Waals surface area contributed by atoms with Crippen molar-refractivity contribution in [3.05, 3.63) is 11.4 Å². The van der Waals surface area contributed by atoms with Crippen LogP contribution in [0, 0.1) is 11.8 Å². The highest BCUT2D eigenvalue weighted by Crippen LogP contribution is 2.29. The molecule has 5 heteroatoms. The summed E-state index contributed by atoms with van der Waals surface area (Å²) >= 11 is 0. The zero-order valence-electron chi connectivity index (χ0n) is 12.9. The molecule has 1 aliphatic rings. The third kappa shape index (κ3) is 2.97. The van der Waals surface area contributed by atoms with Gasteiger partial charge >= 0.3 is 0 Å². The molecule has 1 aromatic rings. The van der Waals surface area contributed by atoms with Gasteiger partial charge in [0.1, 0.15) is 0 Å². The van der Waals surface area contributed by atoms with Crippen molar-refractivity contribution in [1.29, 1.82) is 0 Å². The molecule has 2 rings (SSSR count). The molecule has 3 unspecified atom stereocenters. The minimum absolute atomic E-state index is 0.155. The Labute approximate surface area is 120 Å². The Balaban J connectivity index is 2.02. The quantitative estimate of drug-likeness (QED) is 0.794. The maximum absolute atomic E-state index is 12.3. The normalized spacial score (nSPS) is 26.8. The largest absolute Gasteiger partial charge is 0.395 e. The second-order valence-electron chi connectivity index (χ2n) is 6.49. The number of nitrogen functional groups attached to an aromatic ring is 1. The molecule has 0 bridgehead atoms. The van der Waals surface area contributed by atoms with Crippen molar-refractivity contribution in [3.63, 3.8) is 0 Å². The first-order chi connectivity index (χ1) is 9.40. The molecule has 1 aromatic heterocycles. The van der Waals surface area contributed by atoms with Crippen molar-refractivity contribution in [3.8, 4) is 0 Å². The fourth-order valence-corrected chi connectivity index (χ4v) is 2.91. The summed E-state index contributed by atoms with van der Waals surface area (Å²) in [5, 5.41) is 10.0. The Kier molecular flexibility index (Phi) is 4.35. The molecule has 0 saturated heterocycles. The second-order valence-corrected chi connectivity index (χ2v) is 6.49. The SMILES string of the molecule is CC(C)c1[nH]nc(C(=O)NC2CCC(C)C(C)C2)c1N. The summed E-state index contributed by atoms with van der Waals surface area (Å²) in [5.41, 5.74) is 7.65. The van der Waals surface area contributed by atoms with Gasteiger partial charge in [-0.2, -0.15) is 5.10 Å². The van der Waals surface area contributed by atoms with Gasteiger partial charge in [-0.15, -0.1) is 0 Å². The van der Waals surface area contributed by atoms with Crippen LogP contribution in [0.3, 0.4) is 0 Å². The van der Waals surface area contributed by atoms with Gasteiger partial charge in [-0.1, -0.05) is 27.7 Å². The lowest BCUT2D eigenvalue weighted by atomic mass is 9.79. The van der Waals surface area contributed by atoms with Crippen LogP contribution >= 0.6 is 0 Å². The molecule has 0 radical (unpaired) electrons. The lowest BCUT2D eigenvalue weighted by Gasteiger charge is -2.32. The number of aromatic nitrogens is 2. The molecular formula is C15H26N4O. The molecule has 1 saturated carbocycles. The van der Waals surface area contributed by atoms with E-state index in [0.717, 1.165) is 24.5 Å². The van der Waals surface area contributed by atoms with Crippen LogP contribution in [0.5, 0.6) is 0 Å². The minimum atomic E-state index is -0.155. The van der Waals surface area contributed by atoms with Crippen LogP contribution < -0.4 is 11.1 Å². The fraction of sp³-hybridized carbons (Fsp3) is 0.733. The highest BCUT2D eigenvalue weighted by Gasteiger charge is 2.27. The number of H-pyrrole nitrogens is 1. The molecule has 1 fully saturated rings. The molecule has 4 N–H and O–H groups in total. The van der Waals surface area contributed by atoms with E-state index >= 15 is 0 Å². The van der Waals surface area contributed by atoms with Gasteiger partial charge in [-0.25, -0.2) is 0 Å². The van der Waals surface area contributed by atoms with E-state index in [1.54, 1.807) is 0 Å². The van der Waals surface area contributed by atoms with Gasteiger partial charge in [-0.3, -0.25) is 9.89 Å². The summed E-state index contributed by atoms with van der Waals surface area (Å²) in [4.78, 5) is 12.3. The minimum Gasteiger partial charge on any atom is -0.395 e. The topological polar surface area (TPSA) is 83.8 Å². The third-order valence-electron chi connectivity index (χ3n) is 4.56. The van der Waals surface area contributed by atoms with Gasteiger partial charge < -0.3 is 11.1 Å². The van der Waals surface area contributed by atoms with Crippen LogP contribution in [-0.2, 0) is 0 Å². The van der Waals surface area contributed by atoms with E-state index in [2.05, 4.69) is 29.4 Å². The lowest BCUT2D eigenvalue weighted by Crippen LogP contribution is -2.40. The third-order valence-corrected chi connectivity index (χ3v) is 4.56. The van der Waals surface area contributed by atoms with E-state index in [9.17, 15) is 4.79 Å². The summed E-state index contributed by atoms with van der Waals surface area (Å²) < 4.78 is 0. The molecule has 0 aliphatic heterocycles. The molecular weight excluding hydrogens is 252 g/mol. The van der Waals surface area contributed by atoms with Crippen LogP contribution in [0.4, 0.5) is 5.69 Å². The van der Waals surface area contributed by atoms with Gasteiger partial charge in [0.15, 0.2) is 5.69 Å². The van der Waals surface area contributed by atoms with Crippen molar-refractivity contribution in [2.45, 2.75) is 58.9 Å². The summed E-state index contributed by atoms with van der Waals surface area (Å²) in [5.74, 6) is 1.47. The van der Waals surface area contributed by atoms with Crippen molar-refractivity contribution in [2.24, 2.45) is 11.8 Å². The average molecular weight is 278 g/mol. The number of carbonyl (C=O) groups excluding carboxylic acids is 1. The van der Waals surface area contributed by atoms with Gasteiger partial charge in [0.25, 0.3) is 5.91 Å².